The summed E-state index contributed by atoms with van der Waals surface area (Å²) >= 11 is 0. The first-order valence-corrected chi connectivity index (χ1v) is 8.97. The van der Waals surface area contributed by atoms with Crippen LogP contribution in [0.5, 0.6) is 5.75 Å². The van der Waals surface area contributed by atoms with Gasteiger partial charge in [0.05, 0.1) is 14.2 Å². The lowest BCUT2D eigenvalue weighted by Crippen LogP contribution is -2.44. The van der Waals surface area contributed by atoms with Crippen LogP contribution in [0.15, 0.2) is 36.4 Å². The van der Waals surface area contributed by atoms with Crippen LogP contribution in [0, 0.1) is 5.82 Å². The molecule has 3 N–H and O–H groups in total. The van der Waals surface area contributed by atoms with E-state index in [0.717, 1.165) is 0 Å². The number of benzene rings is 2. The number of halogens is 1. The Morgan fingerprint density at radius 2 is 1.97 bits per heavy atom. The number of fused-ring (bicyclic) bond motifs is 1. The molecule has 8 nitrogen and oxygen atoms in total. The van der Waals surface area contributed by atoms with Crippen LogP contribution in [-0.4, -0.2) is 48.7 Å². The summed E-state index contributed by atoms with van der Waals surface area (Å²) in [6, 6.07) is 9.09. The van der Waals surface area contributed by atoms with Crippen LogP contribution in [0.25, 0.3) is 11.1 Å². The molecule has 0 radical (unpaired) electrons. The molecule has 9 heteroatoms. The third-order valence-electron chi connectivity index (χ3n) is 4.85. The van der Waals surface area contributed by atoms with E-state index in [9.17, 15) is 14.0 Å². The molecule has 1 aliphatic heterocycles. The Labute approximate surface area is 167 Å². The normalized spacial score (nSPS) is 13.9. The second-order valence-electron chi connectivity index (χ2n) is 6.58. The van der Waals surface area contributed by atoms with Crippen molar-refractivity contribution in [1.29, 1.82) is 0 Å². The highest BCUT2D eigenvalue weighted by Gasteiger charge is 2.30. The number of ether oxygens (including phenoxy) is 1. The minimum Gasteiger partial charge on any atom is -0.497 e. The first kappa shape index (κ1) is 20.7. The van der Waals surface area contributed by atoms with Gasteiger partial charge in [-0.2, -0.15) is 5.48 Å². The molecule has 29 heavy (non-hydrogen) atoms. The Bertz CT molecular complexity index is 904. The zero-order valence-electron chi connectivity index (χ0n) is 16.1. The Kier molecular flexibility index (Phi) is 6.42. The number of rotatable bonds is 8. The topological polar surface area (TPSA) is 100 Å². The lowest BCUT2D eigenvalue weighted by molar-refractivity contribution is -0.135. The molecule has 1 unspecified atom stereocenters. The summed E-state index contributed by atoms with van der Waals surface area (Å²) in [5.41, 5.74) is 6.12. The molecule has 0 bridgehead atoms. The average Bonchev–Trinajstić information content (AvgIpc) is 3.04. The molecule has 154 valence electrons. The molecule has 0 aromatic heterocycles. The average molecular weight is 403 g/mol. The molecule has 0 spiro atoms. The molecule has 0 aliphatic carbocycles. The summed E-state index contributed by atoms with van der Waals surface area (Å²) in [4.78, 5) is 30.5. The van der Waals surface area contributed by atoms with Crippen LogP contribution < -0.4 is 15.7 Å². The number of carbonyl (C=O) groups is 2. The number of hydrogen-bond acceptors (Lipinski definition) is 6. The maximum absolute atomic E-state index is 14.7. The van der Waals surface area contributed by atoms with Crippen LogP contribution >= 0.6 is 0 Å². The van der Waals surface area contributed by atoms with Gasteiger partial charge in [-0.05, 0) is 41.8 Å². The summed E-state index contributed by atoms with van der Waals surface area (Å²) < 4.78 is 19.8. The van der Waals surface area contributed by atoms with Crippen molar-refractivity contribution in [3.63, 3.8) is 0 Å². The molecule has 1 atom stereocenters. The fraction of sp³-hybridized carbons (Fsp3) is 0.300. The van der Waals surface area contributed by atoms with E-state index in [0.29, 0.717) is 34.5 Å². The number of nitrogens with zero attached hydrogens (tertiary/aromatic N) is 1. The van der Waals surface area contributed by atoms with Crippen molar-refractivity contribution in [3.8, 4) is 16.9 Å². The molecular formula is C20H22FN3O5. The highest BCUT2D eigenvalue weighted by atomic mass is 19.1. The van der Waals surface area contributed by atoms with Crippen LogP contribution in [0.4, 0.5) is 4.39 Å². The SMILES string of the molecule is CONC(CCN1Cc2cc(-c3ccc(OC)cc3)c(F)cc2C1=O)C(=O)NO. The highest BCUT2D eigenvalue weighted by Crippen LogP contribution is 2.32. The monoisotopic (exact) mass is 403 g/mol. The smallest absolute Gasteiger partial charge is 0.262 e. The minimum absolute atomic E-state index is 0.202. The number of hydrogen-bond donors (Lipinski definition) is 3. The largest absolute Gasteiger partial charge is 0.497 e. The van der Waals surface area contributed by atoms with E-state index < -0.39 is 17.8 Å². The predicted octanol–water partition coefficient (Wildman–Crippen LogP) is 1.87. The van der Waals surface area contributed by atoms with E-state index in [2.05, 4.69) is 5.48 Å². The van der Waals surface area contributed by atoms with Gasteiger partial charge in [-0.15, -0.1) is 0 Å². The molecule has 3 rings (SSSR count). The van der Waals surface area contributed by atoms with Gasteiger partial charge in [0.25, 0.3) is 11.8 Å². The lowest BCUT2D eigenvalue weighted by Gasteiger charge is -2.20. The fourth-order valence-electron chi connectivity index (χ4n) is 3.32. The second kappa shape index (κ2) is 8.99. The van der Waals surface area contributed by atoms with Gasteiger partial charge >= 0.3 is 0 Å². The summed E-state index contributed by atoms with van der Waals surface area (Å²) in [5.74, 6) is -0.796. The van der Waals surface area contributed by atoms with Gasteiger partial charge in [0.2, 0.25) is 0 Å². The Balaban J connectivity index is 1.77. The first-order valence-electron chi connectivity index (χ1n) is 8.97. The van der Waals surface area contributed by atoms with Crippen molar-refractivity contribution < 1.29 is 28.8 Å². The van der Waals surface area contributed by atoms with E-state index in [1.807, 2.05) is 0 Å². The molecule has 1 aliphatic rings. The first-order chi connectivity index (χ1) is 14.0. The van der Waals surface area contributed by atoms with Gasteiger partial charge in [-0.3, -0.25) is 14.8 Å². The molecule has 0 saturated carbocycles. The van der Waals surface area contributed by atoms with Crippen molar-refractivity contribution in [3.05, 3.63) is 53.3 Å². The van der Waals surface area contributed by atoms with Gasteiger partial charge in [0, 0.05) is 24.2 Å². The summed E-state index contributed by atoms with van der Waals surface area (Å²) in [6.07, 6.45) is 0.202. The Morgan fingerprint density at radius 3 is 2.59 bits per heavy atom. The number of carbonyl (C=O) groups excluding carboxylic acids is 2. The summed E-state index contributed by atoms with van der Waals surface area (Å²) in [6.45, 7) is 0.527. The molecule has 0 fully saturated rings. The second-order valence-corrected chi connectivity index (χ2v) is 6.58. The maximum Gasteiger partial charge on any atom is 0.262 e. The van der Waals surface area contributed by atoms with Gasteiger partial charge in [-0.1, -0.05) is 12.1 Å². The Hall–Kier alpha value is -3.01. The van der Waals surface area contributed by atoms with E-state index in [1.165, 1.54) is 18.1 Å². The summed E-state index contributed by atoms with van der Waals surface area (Å²) in [5, 5.41) is 8.79. The van der Waals surface area contributed by atoms with E-state index in [4.69, 9.17) is 14.8 Å². The number of methoxy groups -OCH3 is 1. The lowest BCUT2D eigenvalue weighted by atomic mass is 9.99. The fourth-order valence-corrected chi connectivity index (χ4v) is 3.32. The van der Waals surface area contributed by atoms with E-state index in [1.54, 1.807) is 42.9 Å². The number of hydroxylamine groups is 2. The predicted molar refractivity (Wildman–Crippen MR) is 102 cm³/mol. The van der Waals surface area contributed by atoms with Crippen LogP contribution in [0.3, 0.4) is 0 Å². The van der Waals surface area contributed by atoms with Crippen molar-refractivity contribution in [1.82, 2.24) is 15.9 Å². The highest BCUT2D eigenvalue weighted by molar-refractivity contribution is 5.99. The van der Waals surface area contributed by atoms with Gasteiger partial charge < -0.3 is 14.5 Å². The van der Waals surface area contributed by atoms with E-state index in [-0.39, 0.29) is 18.9 Å². The molecular weight excluding hydrogens is 381 g/mol. The standard InChI is InChI=1S/C20H22FN3O5/c1-28-14-5-3-12(4-6-14)15-9-13-11-24(20(26)16(13)10-17(15)21)8-7-18(23-29-2)19(25)22-27/h3-6,9-10,18,23,27H,7-8,11H2,1-2H3,(H,22,25). The van der Waals surface area contributed by atoms with Crippen molar-refractivity contribution in [2.45, 2.75) is 19.0 Å². The van der Waals surface area contributed by atoms with Gasteiger partial charge in [-0.25, -0.2) is 9.87 Å². The van der Waals surface area contributed by atoms with Crippen molar-refractivity contribution in [2.75, 3.05) is 20.8 Å². The molecule has 2 aromatic rings. The zero-order chi connectivity index (χ0) is 21.0. The third-order valence-corrected chi connectivity index (χ3v) is 4.85. The van der Waals surface area contributed by atoms with Crippen LogP contribution in [-0.2, 0) is 16.2 Å². The molecule has 0 saturated heterocycles. The zero-order valence-corrected chi connectivity index (χ0v) is 16.1. The van der Waals surface area contributed by atoms with Crippen LogP contribution in [0.2, 0.25) is 0 Å². The minimum atomic E-state index is -0.840. The Morgan fingerprint density at radius 1 is 1.24 bits per heavy atom. The maximum atomic E-state index is 14.7. The van der Waals surface area contributed by atoms with Crippen molar-refractivity contribution >= 4 is 11.8 Å². The quantitative estimate of drug-likeness (QED) is 0.460. The number of nitrogens with one attached hydrogen (secondary N) is 2. The van der Waals surface area contributed by atoms with E-state index >= 15 is 0 Å². The van der Waals surface area contributed by atoms with Crippen LogP contribution in [0.1, 0.15) is 22.3 Å². The molecule has 1 heterocycles. The van der Waals surface area contributed by atoms with Gasteiger partial charge in [0.15, 0.2) is 0 Å². The third kappa shape index (κ3) is 4.37. The molecule has 2 amide bonds. The van der Waals surface area contributed by atoms with Gasteiger partial charge in [0.1, 0.15) is 17.6 Å². The van der Waals surface area contributed by atoms with Crippen molar-refractivity contribution in [2.24, 2.45) is 0 Å². The number of amides is 2. The summed E-state index contributed by atoms with van der Waals surface area (Å²) in [7, 11) is 2.90. The molecule has 2 aromatic carbocycles.